The molecular weight excluding hydrogens is 368 g/mol. The number of carbonyl (C=O) groups is 2. The fourth-order valence-electron chi connectivity index (χ4n) is 3.55. The summed E-state index contributed by atoms with van der Waals surface area (Å²) in [6.07, 6.45) is 0. The highest BCUT2D eigenvalue weighted by molar-refractivity contribution is 6.09. The Kier molecular flexibility index (Phi) is 5.67. The van der Waals surface area contributed by atoms with Gasteiger partial charge in [-0.1, -0.05) is 116 Å². The lowest BCUT2D eigenvalue weighted by Crippen LogP contribution is -2.03. The lowest BCUT2D eigenvalue weighted by atomic mass is 9.90. The first-order chi connectivity index (χ1) is 14.6. The van der Waals surface area contributed by atoms with Crippen LogP contribution in [0.15, 0.2) is 109 Å². The summed E-state index contributed by atoms with van der Waals surface area (Å²) in [5.41, 5.74) is 5.00. The molecule has 0 N–H and O–H groups in total. The van der Waals surface area contributed by atoms with Crippen molar-refractivity contribution in [3.63, 3.8) is 0 Å². The molecule has 0 atom stereocenters. The highest BCUT2D eigenvalue weighted by Gasteiger charge is 2.13. The average Bonchev–Trinajstić information content (AvgIpc) is 2.84. The zero-order chi connectivity index (χ0) is 20.9. The third kappa shape index (κ3) is 4.13. The molecule has 0 radical (unpaired) electrons. The summed E-state index contributed by atoms with van der Waals surface area (Å²) in [4.78, 5) is 25.2. The van der Waals surface area contributed by atoms with Crippen molar-refractivity contribution in [2.45, 2.75) is 12.8 Å². The Labute approximate surface area is 176 Å². The molecule has 0 saturated carbocycles. The third-order valence-electron chi connectivity index (χ3n) is 5.42. The van der Waals surface area contributed by atoms with Crippen molar-refractivity contribution in [3.05, 3.63) is 143 Å². The molecule has 0 amide bonds. The monoisotopic (exact) mass is 390 g/mol. The highest BCUT2D eigenvalue weighted by Crippen LogP contribution is 2.25. The van der Waals surface area contributed by atoms with Crippen molar-refractivity contribution >= 4 is 11.6 Å². The van der Waals surface area contributed by atoms with Crippen molar-refractivity contribution in [3.8, 4) is 0 Å². The Morgan fingerprint density at radius 2 is 0.767 bits per heavy atom. The van der Waals surface area contributed by atoms with Crippen molar-refractivity contribution < 1.29 is 9.59 Å². The maximum atomic E-state index is 12.6. The Bertz CT molecular complexity index is 1050. The van der Waals surface area contributed by atoms with Crippen LogP contribution < -0.4 is 0 Å². The number of carbonyl (C=O) groups excluding carboxylic acids is 2. The van der Waals surface area contributed by atoms with Crippen molar-refractivity contribution in [2.75, 3.05) is 0 Å². The van der Waals surface area contributed by atoms with Crippen LogP contribution in [0.4, 0.5) is 0 Å². The molecule has 4 rings (SSSR count). The van der Waals surface area contributed by atoms with Gasteiger partial charge in [0.1, 0.15) is 0 Å². The van der Waals surface area contributed by atoms with E-state index < -0.39 is 0 Å². The normalized spacial score (nSPS) is 10.7. The maximum Gasteiger partial charge on any atom is 0.193 e. The van der Waals surface area contributed by atoms with Gasteiger partial charge in [0, 0.05) is 28.2 Å². The molecular formula is C28H22O2. The molecule has 0 spiro atoms. The summed E-state index contributed by atoms with van der Waals surface area (Å²) in [6, 6.07) is 34.2. The number of rotatable bonds is 6. The molecule has 0 heterocycles. The van der Waals surface area contributed by atoms with Gasteiger partial charge in [-0.3, -0.25) is 9.59 Å². The van der Waals surface area contributed by atoms with Crippen LogP contribution >= 0.6 is 0 Å². The molecule has 4 aromatic carbocycles. The Morgan fingerprint density at radius 1 is 0.467 bits per heavy atom. The van der Waals surface area contributed by atoms with Crippen molar-refractivity contribution in [1.29, 1.82) is 0 Å². The van der Waals surface area contributed by atoms with Gasteiger partial charge in [-0.25, -0.2) is 0 Å². The molecule has 0 aliphatic heterocycles. The Balaban J connectivity index is 1.50. The molecule has 0 aliphatic carbocycles. The average molecular weight is 390 g/mol. The van der Waals surface area contributed by atoms with E-state index >= 15 is 0 Å². The van der Waals surface area contributed by atoms with Crippen molar-refractivity contribution in [2.24, 2.45) is 0 Å². The molecule has 30 heavy (non-hydrogen) atoms. The van der Waals surface area contributed by atoms with E-state index in [0.717, 1.165) is 11.1 Å². The molecule has 0 aliphatic rings. The Morgan fingerprint density at radius 3 is 1.10 bits per heavy atom. The van der Waals surface area contributed by atoms with Crippen LogP contribution in [0.5, 0.6) is 0 Å². The SMILES string of the molecule is CC(c1ccc(C(=O)c2ccccc2)cc1)c1ccc(C(=O)c2ccccc2)cc1. The quantitative estimate of drug-likeness (QED) is 0.362. The first kappa shape index (κ1) is 19.5. The van der Waals surface area contributed by atoms with Crippen LogP contribution in [0, 0.1) is 0 Å². The minimum atomic E-state index is 0.0265. The van der Waals surface area contributed by atoms with Crippen LogP contribution in [0.25, 0.3) is 0 Å². The van der Waals surface area contributed by atoms with E-state index in [0.29, 0.717) is 22.3 Å². The van der Waals surface area contributed by atoms with Crippen LogP contribution in [0.2, 0.25) is 0 Å². The fourth-order valence-corrected chi connectivity index (χ4v) is 3.55. The minimum Gasteiger partial charge on any atom is -0.289 e. The highest BCUT2D eigenvalue weighted by atomic mass is 16.1. The summed E-state index contributed by atoms with van der Waals surface area (Å²) < 4.78 is 0. The number of hydrogen-bond acceptors (Lipinski definition) is 2. The van der Waals surface area contributed by atoms with Gasteiger partial charge in [0.25, 0.3) is 0 Å². The third-order valence-corrected chi connectivity index (χ3v) is 5.42. The van der Waals surface area contributed by atoms with E-state index in [1.165, 1.54) is 0 Å². The van der Waals surface area contributed by atoms with Gasteiger partial charge in [0.15, 0.2) is 11.6 Å². The van der Waals surface area contributed by atoms with E-state index in [1.807, 2.05) is 109 Å². The molecule has 2 nitrogen and oxygen atoms in total. The zero-order valence-corrected chi connectivity index (χ0v) is 16.8. The van der Waals surface area contributed by atoms with E-state index in [2.05, 4.69) is 6.92 Å². The number of ketones is 2. The fraction of sp³-hybridized carbons (Fsp3) is 0.0714. The minimum absolute atomic E-state index is 0.0265. The molecule has 4 aromatic rings. The molecule has 0 aromatic heterocycles. The molecule has 146 valence electrons. The van der Waals surface area contributed by atoms with Gasteiger partial charge in [-0.05, 0) is 11.1 Å². The van der Waals surface area contributed by atoms with E-state index in [4.69, 9.17) is 0 Å². The van der Waals surface area contributed by atoms with E-state index in [9.17, 15) is 9.59 Å². The standard InChI is InChI=1S/C28H22O2/c1-20(21-12-16-25(17-13-21)27(29)23-8-4-2-5-9-23)22-14-18-26(19-15-22)28(30)24-10-6-3-7-11-24/h2-20H,1H3. The first-order valence-corrected chi connectivity index (χ1v) is 10.0. The second-order valence-corrected chi connectivity index (χ2v) is 7.36. The van der Waals surface area contributed by atoms with Gasteiger partial charge in [0.05, 0.1) is 0 Å². The van der Waals surface area contributed by atoms with Gasteiger partial charge in [-0.2, -0.15) is 0 Å². The summed E-state index contributed by atoms with van der Waals surface area (Å²) >= 11 is 0. The van der Waals surface area contributed by atoms with Crippen LogP contribution in [-0.2, 0) is 0 Å². The summed E-state index contributed by atoms with van der Waals surface area (Å²) in [5.74, 6) is 0.212. The molecule has 0 fully saturated rings. The van der Waals surface area contributed by atoms with E-state index in [-0.39, 0.29) is 17.5 Å². The second-order valence-electron chi connectivity index (χ2n) is 7.36. The summed E-state index contributed by atoms with van der Waals surface area (Å²) in [5, 5.41) is 0. The van der Waals surface area contributed by atoms with Gasteiger partial charge >= 0.3 is 0 Å². The topological polar surface area (TPSA) is 34.1 Å². The first-order valence-electron chi connectivity index (χ1n) is 10.0. The largest absolute Gasteiger partial charge is 0.289 e. The van der Waals surface area contributed by atoms with Crippen LogP contribution in [0.1, 0.15) is 55.8 Å². The van der Waals surface area contributed by atoms with Gasteiger partial charge in [0.2, 0.25) is 0 Å². The molecule has 0 unspecified atom stereocenters. The zero-order valence-electron chi connectivity index (χ0n) is 16.8. The molecule has 0 bridgehead atoms. The predicted molar refractivity (Wildman–Crippen MR) is 120 cm³/mol. The molecule has 0 saturated heterocycles. The van der Waals surface area contributed by atoms with Crippen LogP contribution in [-0.4, -0.2) is 11.6 Å². The van der Waals surface area contributed by atoms with Gasteiger partial charge < -0.3 is 0 Å². The summed E-state index contributed by atoms with van der Waals surface area (Å²) in [6.45, 7) is 2.13. The Hall–Kier alpha value is -3.78. The van der Waals surface area contributed by atoms with E-state index in [1.54, 1.807) is 0 Å². The predicted octanol–water partition coefficient (Wildman–Crippen LogP) is 6.30. The van der Waals surface area contributed by atoms with Crippen LogP contribution in [0.3, 0.4) is 0 Å². The molecule has 2 heteroatoms. The smallest absolute Gasteiger partial charge is 0.193 e. The maximum absolute atomic E-state index is 12.6. The lowest BCUT2D eigenvalue weighted by molar-refractivity contribution is 0.103. The van der Waals surface area contributed by atoms with Crippen molar-refractivity contribution in [1.82, 2.24) is 0 Å². The summed E-state index contributed by atoms with van der Waals surface area (Å²) in [7, 11) is 0. The lowest BCUT2D eigenvalue weighted by Gasteiger charge is -2.14. The number of benzene rings is 4. The second kappa shape index (κ2) is 8.71. The van der Waals surface area contributed by atoms with Gasteiger partial charge in [-0.15, -0.1) is 0 Å². The number of hydrogen-bond donors (Lipinski definition) is 0.